The zero-order valence-electron chi connectivity index (χ0n) is 19.1. The van der Waals surface area contributed by atoms with Gasteiger partial charge in [0.15, 0.2) is 5.76 Å². The topological polar surface area (TPSA) is 102 Å². The maximum Gasteiger partial charge on any atom is 0.412 e. The third-order valence-corrected chi connectivity index (χ3v) is 5.83. The van der Waals surface area contributed by atoms with Crippen molar-refractivity contribution in [2.24, 2.45) is 0 Å². The Kier molecular flexibility index (Phi) is 7.17. The van der Waals surface area contributed by atoms with Crippen LogP contribution in [0.5, 0.6) is 0 Å². The predicted octanol–water partition coefficient (Wildman–Crippen LogP) is 6.91. The highest BCUT2D eigenvalue weighted by molar-refractivity contribution is 6.31. The number of amides is 1. The number of aliphatic carboxylic acids is 1. The third-order valence-electron chi connectivity index (χ3n) is 5.48. The molecule has 3 aromatic carbocycles. The number of rotatable bonds is 7. The molecule has 0 radical (unpaired) electrons. The Hall–Kier alpha value is -4.10. The molecule has 8 heteroatoms. The largest absolute Gasteiger partial charge is 0.481 e. The van der Waals surface area contributed by atoms with E-state index in [9.17, 15) is 9.59 Å². The summed E-state index contributed by atoms with van der Waals surface area (Å²) in [6.07, 6.45) is -1.24. The van der Waals surface area contributed by atoms with Gasteiger partial charge in [-0.1, -0.05) is 77.4 Å². The SMILES string of the molecule is Cc1noc(-c2cccc(-c3ccc(CC(=O)O)cc3)c2)c1NC(=O)OC(C)c1ccccc1Cl. The molecule has 1 amide bonds. The van der Waals surface area contributed by atoms with Crippen LogP contribution < -0.4 is 5.32 Å². The Balaban J connectivity index is 1.54. The van der Waals surface area contributed by atoms with Crippen molar-refractivity contribution in [1.29, 1.82) is 0 Å². The van der Waals surface area contributed by atoms with E-state index in [2.05, 4.69) is 10.5 Å². The minimum absolute atomic E-state index is 0.0299. The van der Waals surface area contributed by atoms with Gasteiger partial charge in [-0.2, -0.15) is 0 Å². The molecule has 2 N–H and O–H groups in total. The number of aryl methyl sites for hydroxylation is 1. The van der Waals surface area contributed by atoms with Gasteiger partial charge in [0.2, 0.25) is 0 Å². The fraction of sp³-hybridized carbons (Fsp3) is 0.148. The molecule has 1 unspecified atom stereocenters. The monoisotopic (exact) mass is 490 g/mol. The second kappa shape index (κ2) is 10.4. The molecule has 0 bridgehead atoms. The molecule has 0 aliphatic rings. The average Bonchev–Trinajstić information content (AvgIpc) is 3.19. The number of ether oxygens (including phenoxy) is 1. The minimum Gasteiger partial charge on any atom is -0.481 e. The van der Waals surface area contributed by atoms with E-state index in [1.54, 1.807) is 38.1 Å². The van der Waals surface area contributed by atoms with Crippen molar-refractivity contribution in [3.8, 4) is 22.5 Å². The highest BCUT2D eigenvalue weighted by Crippen LogP contribution is 2.34. The summed E-state index contributed by atoms with van der Waals surface area (Å²) in [6, 6.07) is 22.1. The van der Waals surface area contributed by atoms with E-state index in [1.807, 2.05) is 48.5 Å². The standard InChI is InChI=1S/C27H23ClN2O5/c1-16-25(29-27(33)34-17(2)22-8-3-4-9-23(22)28)26(35-30-16)21-7-5-6-20(15-21)19-12-10-18(11-13-19)14-24(31)32/h3-13,15,17H,14H2,1-2H3,(H,29,33)(H,31,32). The Morgan fingerprint density at radius 3 is 2.46 bits per heavy atom. The molecular weight excluding hydrogens is 468 g/mol. The van der Waals surface area contributed by atoms with Gasteiger partial charge in [-0.15, -0.1) is 0 Å². The first-order chi connectivity index (χ1) is 16.8. The molecule has 0 fully saturated rings. The molecule has 4 rings (SSSR count). The quantitative estimate of drug-likeness (QED) is 0.292. The minimum atomic E-state index is -0.875. The van der Waals surface area contributed by atoms with Crippen LogP contribution in [0.4, 0.5) is 10.5 Å². The zero-order chi connectivity index (χ0) is 24.9. The summed E-state index contributed by atoms with van der Waals surface area (Å²) >= 11 is 6.21. The number of carbonyl (C=O) groups excluding carboxylic acids is 1. The van der Waals surface area contributed by atoms with Crippen molar-refractivity contribution in [2.45, 2.75) is 26.4 Å². The molecule has 4 aromatic rings. The summed E-state index contributed by atoms with van der Waals surface area (Å²) in [5, 5.41) is 16.2. The van der Waals surface area contributed by atoms with Crippen LogP contribution in [0.15, 0.2) is 77.3 Å². The first kappa shape index (κ1) is 24.0. The van der Waals surface area contributed by atoms with Gasteiger partial charge in [0.1, 0.15) is 17.5 Å². The van der Waals surface area contributed by atoms with Gasteiger partial charge in [-0.05, 0) is 42.7 Å². The van der Waals surface area contributed by atoms with E-state index in [1.165, 1.54) is 0 Å². The first-order valence-corrected chi connectivity index (χ1v) is 11.3. The highest BCUT2D eigenvalue weighted by Gasteiger charge is 2.21. The predicted molar refractivity (Wildman–Crippen MR) is 133 cm³/mol. The normalized spacial score (nSPS) is 11.6. The van der Waals surface area contributed by atoms with Crippen LogP contribution in [0.25, 0.3) is 22.5 Å². The third kappa shape index (κ3) is 5.70. The van der Waals surface area contributed by atoms with Crippen molar-refractivity contribution in [3.63, 3.8) is 0 Å². The van der Waals surface area contributed by atoms with E-state index < -0.39 is 18.2 Å². The van der Waals surface area contributed by atoms with Gasteiger partial charge in [0.25, 0.3) is 0 Å². The number of aromatic nitrogens is 1. The van der Waals surface area contributed by atoms with Gasteiger partial charge in [-0.25, -0.2) is 4.79 Å². The fourth-order valence-corrected chi connectivity index (χ4v) is 3.99. The summed E-state index contributed by atoms with van der Waals surface area (Å²) < 4.78 is 11.1. The molecule has 1 aromatic heterocycles. The average molecular weight is 491 g/mol. The van der Waals surface area contributed by atoms with Gasteiger partial charge in [0.05, 0.1) is 6.42 Å². The molecule has 7 nitrogen and oxygen atoms in total. The molecule has 0 aliphatic heterocycles. The molecule has 0 spiro atoms. The Labute approximate surface area is 207 Å². The Morgan fingerprint density at radius 2 is 1.74 bits per heavy atom. The first-order valence-electron chi connectivity index (χ1n) is 10.9. The summed E-state index contributed by atoms with van der Waals surface area (Å²) in [5.41, 5.74) is 4.88. The van der Waals surface area contributed by atoms with Crippen LogP contribution in [0.3, 0.4) is 0 Å². The fourth-order valence-electron chi connectivity index (χ4n) is 3.70. The van der Waals surface area contributed by atoms with Gasteiger partial charge < -0.3 is 14.4 Å². The molecule has 0 aliphatic carbocycles. The smallest absolute Gasteiger partial charge is 0.412 e. The van der Waals surface area contributed by atoms with Crippen molar-refractivity contribution < 1.29 is 24.0 Å². The molecule has 178 valence electrons. The van der Waals surface area contributed by atoms with Crippen LogP contribution in [-0.2, 0) is 16.0 Å². The number of carboxylic acid groups (broad SMARTS) is 1. The van der Waals surface area contributed by atoms with Crippen LogP contribution in [-0.4, -0.2) is 22.3 Å². The van der Waals surface area contributed by atoms with E-state index >= 15 is 0 Å². The van der Waals surface area contributed by atoms with Crippen molar-refractivity contribution >= 4 is 29.4 Å². The van der Waals surface area contributed by atoms with Crippen molar-refractivity contribution in [1.82, 2.24) is 5.16 Å². The number of carbonyl (C=O) groups is 2. The molecule has 0 saturated carbocycles. The lowest BCUT2D eigenvalue weighted by atomic mass is 10.00. The number of nitrogens with zero attached hydrogens (tertiary/aromatic N) is 1. The van der Waals surface area contributed by atoms with Crippen molar-refractivity contribution in [3.05, 3.63) is 94.6 Å². The molecular formula is C27H23ClN2O5. The van der Waals surface area contributed by atoms with Crippen LogP contribution in [0, 0.1) is 6.92 Å². The zero-order valence-corrected chi connectivity index (χ0v) is 19.9. The van der Waals surface area contributed by atoms with Crippen LogP contribution in [0.2, 0.25) is 5.02 Å². The summed E-state index contributed by atoms with van der Waals surface area (Å²) in [6.45, 7) is 3.47. The highest BCUT2D eigenvalue weighted by atomic mass is 35.5. The molecule has 1 atom stereocenters. The summed E-state index contributed by atoms with van der Waals surface area (Å²) in [5.74, 6) is -0.477. The van der Waals surface area contributed by atoms with Gasteiger partial charge in [0, 0.05) is 16.1 Å². The van der Waals surface area contributed by atoms with Crippen LogP contribution >= 0.6 is 11.6 Å². The number of hydrogen-bond acceptors (Lipinski definition) is 5. The lowest BCUT2D eigenvalue weighted by Gasteiger charge is -2.15. The molecule has 0 saturated heterocycles. The number of anilines is 1. The maximum atomic E-state index is 12.7. The second-order valence-corrected chi connectivity index (χ2v) is 8.42. The van der Waals surface area contributed by atoms with Gasteiger partial charge in [-0.3, -0.25) is 10.1 Å². The van der Waals surface area contributed by atoms with E-state index in [4.69, 9.17) is 26.0 Å². The number of benzene rings is 3. The van der Waals surface area contributed by atoms with E-state index in [0.29, 0.717) is 33.3 Å². The molecule has 1 heterocycles. The number of hydrogen-bond donors (Lipinski definition) is 2. The summed E-state index contributed by atoms with van der Waals surface area (Å²) in [7, 11) is 0. The van der Waals surface area contributed by atoms with E-state index in [0.717, 1.165) is 16.7 Å². The van der Waals surface area contributed by atoms with E-state index in [-0.39, 0.29) is 6.42 Å². The van der Waals surface area contributed by atoms with Crippen LogP contribution in [0.1, 0.15) is 29.8 Å². The maximum absolute atomic E-state index is 12.7. The number of carboxylic acids is 1. The van der Waals surface area contributed by atoms with Crippen molar-refractivity contribution in [2.75, 3.05) is 5.32 Å². The second-order valence-electron chi connectivity index (χ2n) is 8.01. The number of nitrogens with one attached hydrogen (secondary N) is 1. The Bertz CT molecular complexity index is 1360. The van der Waals surface area contributed by atoms with Gasteiger partial charge >= 0.3 is 12.1 Å². The summed E-state index contributed by atoms with van der Waals surface area (Å²) in [4.78, 5) is 23.6. The number of halogens is 1. The Morgan fingerprint density at radius 1 is 1.03 bits per heavy atom. The lowest BCUT2D eigenvalue weighted by molar-refractivity contribution is -0.136. The molecule has 35 heavy (non-hydrogen) atoms. The lowest BCUT2D eigenvalue weighted by Crippen LogP contribution is -2.17.